The molecule has 0 N–H and O–H groups in total. The Hall–Kier alpha value is -0.763. The molecule has 0 amide bonds. The number of benzene rings is 2. The van der Waals surface area contributed by atoms with Crippen LogP contribution in [0.15, 0.2) is 48.5 Å². The highest BCUT2D eigenvalue weighted by Gasteiger charge is 2.34. The predicted octanol–water partition coefficient (Wildman–Crippen LogP) is 5.90. The maximum Gasteiger partial charge on any atom is 0.310 e. The summed E-state index contributed by atoms with van der Waals surface area (Å²) in [5, 5.41) is 2.19. The lowest BCUT2D eigenvalue weighted by molar-refractivity contribution is 0.560. The van der Waals surface area contributed by atoms with E-state index in [1.807, 2.05) is 0 Å². The number of hydrogen-bond acceptors (Lipinski definition) is 0. The van der Waals surface area contributed by atoms with E-state index in [1.54, 1.807) is 0 Å². The summed E-state index contributed by atoms with van der Waals surface area (Å²) >= 11 is 14.0. The quantitative estimate of drug-likeness (QED) is 0.387. The van der Waals surface area contributed by atoms with E-state index in [0.717, 1.165) is 23.2 Å². The van der Waals surface area contributed by atoms with Gasteiger partial charge in [0.2, 0.25) is 0 Å². The minimum Gasteiger partial charge on any atom is -0.134 e. The summed E-state index contributed by atoms with van der Waals surface area (Å²) in [7, 11) is 0. The second kappa shape index (κ2) is 9.25. The van der Waals surface area contributed by atoms with Gasteiger partial charge in [0, 0.05) is 0 Å². The molecule has 2 atom stereocenters. The van der Waals surface area contributed by atoms with Crippen molar-refractivity contribution in [2.24, 2.45) is 11.8 Å². The van der Waals surface area contributed by atoms with Gasteiger partial charge in [-0.05, 0) is 46.2 Å². The lowest BCUT2D eigenvalue weighted by atomic mass is 9.99. The summed E-state index contributed by atoms with van der Waals surface area (Å²) in [6.07, 6.45) is 4.53. The fourth-order valence-corrected chi connectivity index (χ4v) is 6.14. The molecule has 0 aliphatic heterocycles. The Kier molecular flexibility index (Phi) is 7.61. The van der Waals surface area contributed by atoms with Crippen LogP contribution in [0.25, 0.3) is 0 Å². The molecule has 0 aliphatic rings. The first kappa shape index (κ1) is 20.5. The van der Waals surface area contributed by atoms with Gasteiger partial charge in [-0.1, -0.05) is 89.1 Å². The Morgan fingerprint density at radius 1 is 0.760 bits per heavy atom. The van der Waals surface area contributed by atoms with Crippen LogP contribution in [0.1, 0.15) is 51.7 Å². The predicted molar refractivity (Wildman–Crippen MR) is 116 cm³/mol. The molecule has 2 aromatic rings. The molecule has 0 spiro atoms. The van der Waals surface area contributed by atoms with E-state index in [-0.39, 0.29) is 0 Å². The molecule has 0 bridgehead atoms. The van der Waals surface area contributed by atoms with Crippen molar-refractivity contribution in [2.45, 2.75) is 53.4 Å². The maximum absolute atomic E-state index is 6.98. The highest BCUT2D eigenvalue weighted by Crippen LogP contribution is 2.19. The van der Waals surface area contributed by atoms with Crippen LogP contribution >= 0.6 is 22.2 Å². The normalized spacial score (nSPS) is 14.3. The fourth-order valence-electron chi connectivity index (χ4n) is 3.05. The zero-order valence-electron chi connectivity index (χ0n) is 15.9. The molecule has 25 heavy (non-hydrogen) atoms. The largest absolute Gasteiger partial charge is 0.310 e. The number of rotatable bonds is 8. The molecule has 136 valence electrons. The van der Waals surface area contributed by atoms with E-state index in [0.29, 0.717) is 11.8 Å². The van der Waals surface area contributed by atoms with Crippen LogP contribution in [-0.4, -0.2) is 6.69 Å². The summed E-state index contributed by atoms with van der Waals surface area (Å²) in [4.78, 5) is 0. The van der Waals surface area contributed by atoms with Gasteiger partial charge in [0.15, 0.2) is 0 Å². The summed E-state index contributed by atoms with van der Waals surface area (Å²) in [6, 6.07) is 17.2. The van der Waals surface area contributed by atoms with E-state index in [4.69, 9.17) is 22.2 Å². The Morgan fingerprint density at radius 2 is 1.16 bits per heavy atom. The van der Waals surface area contributed by atoms with E-state index in [1.165, 1.54) is 24.0 Å². The molecule has 3 heteroatoms. The van der Waals surface area contributed by atoms with E-state index in [9.17, 15) is 0 Å². The van der Waals surface area contributed by atoms with Gasteiger partial charge in [-0.3, -0.25) is 0 Å². The van der Waals surface area contributed by atoms with Crippen molar-refractivity contribution in [1.29, 1.82) is 0 Å². The van der Waals surface area contributed by atoms with Gasteiger partial charge < -0.3 is 0 Å². The van der Waals surface area contributed by atoms with Gasteiger partial charge >= 0.3 is 6.69 Å². The SMILES string of the molecule is CC[C@H](C)Cc1cccc([Si](Cl)(Cl)c2cccc(C[C@@H](C)CC)c2)c1. The summed E-state index contributed by atoms with van der Waals surface area (Å²) in [6.45, 7) is 6.35. The Labute approximate surface area is 164 Å². The summed E-state index contributed by atoms with van der Waals surface area (Å²) in [5.41, 5.74) is 2.67. The molecular formula is C22H30Cl2Si. The molecule has 0 radical (unpaired) electrons. The smallest absolute Gasteiger partial charge is 0.134 e. The summed E-state index contributed by atoms with van der Waals surface area (Å²) < 4.78 is 0. The first-order valence-corrected chi connectivity index (χ1v) is 13.5. The van der Waals surface area contributed by atoms with Crippen LogP contribution < -0.4 is 10.4 Å². The average molecular weight is 393 g/mol. The molecular weight excluding hydrogens is 363 g/mol. The standard InChI is InChI=1S/C22H30Cl2Si/c1-5-17(3)13-19-9-7-11-21(15-19)25(23,24)22-12-8-10-20(16-22)14-18(4)6-2/h7-12,15-18H,5-6,13-14H2,1-4H3/t17-,18-/m0/s1. The van der Waals surface area contributed by atoms with Crippen LogP contribution in [0.4, 0.5) is 0 Å². The van der Waals surface area contributed by atoms with Crippen LogP contribution in [-0.2, 0) is 12.8 Å². The minimum atomic E-state index is -2.70. The molecule has 0 heterocycles. The van der Waals surface area contributed by atoms with Crippen LogP contribution in [0, 0.1) is 11.8 Å². The van der Waals surface area contributed by atoms with Gasteiger partial charge in [0.1, 0.15) is 0 Å². The Bertz CT molecular complexity index is 624. The molecule has 0 fully saturated rings. The van der Waals surface area contributed by atoms with Crippen molar-refractivity contribution < 1.29 is 0 Å². The highest BCUT2D eigenvalue weighted by atomic mass is 35.7. The molecule has 2 rings (SSSR count). The van der Waals surface area contributed by atoms with Crippen LogP contribution in [0.3, 0.4) is 0 Å². The first-order valence-electron chi connectivity index (χ1n) is 9.43. The average Bonchev–Trinajstić information content (AvgIpc) is 2.62. The molecule has 0 saturated carbocycles. The molecule has 0 nitrogen and oxygen atoms in total. The second-order valence-corrected chi connectivity index (χ2v) is 13.7. The molecule has 0 saturated heterocycles. The molecule has 0 aliphatic carbocycles. The Balaban J connectivity index is 2.29. The van der Waals surface area contributed by atoms with Gasteiger partial charge in [-0.25, -0.2) is 0 Å². The van der Waals surface area contributed by atoms with E-state index >= 15 is 0 Å². The molecule has 2 aromatic carbocycles. The van der Waals surface area contributed by atoms with Gasteiger partial charge in [0.05, 0.1) is 0 Å². The monoisotopic (exact) mass is 392 g/mol. The van der Waals surface area contributed by atoms with Crippen molar-refractivity contribution in [3.05, 3.63) is 59.7 Å². The lowest BCUT2D eigenvalue weighted by Crippen LogP contribution is -2.48. The number of hydrogen-bond donors (Lipinski definition) is 0. The zero-order valence-corrected chi connectivity index (χ0v) is 18.4. The first-order chi connectivity index (χ1) is 11.9. The van der Waals surface area contributed by atoms with Crippen LogP contribution in [0.5, 0.6) is 0 Å². The van der Waals surface area contributed by atoms with E-state index < -0.39 is 6.69 Å². The van der Waals surface area contributed by atoms with Crippen molar-refractivity contribution in [3.8, 4) is 0 Å². The third-order valence-corrected chi connectivity index (χ3v) is 9.83. The van der Waals surface area contributed by atoms with Gasteiger partial charge in [-0.2, -0.15) is 0 Å². The fraction of sp³-hybridized carbons (Fsp3) is 0.455. The maximum atomic E-state index is 6.98. The third kappa shape index (κ3) is 5.61. The topological polar surface area (TPSA) is 0 Å². The van der Waals surface area contributed by atoms with Crippen LogP contribution in [0.2, 0.25) is 0 Å². The van der Waals surface area contributed by atoms with Crippen molar-refractivity contribution >= 4 is 39.2 Å². The van der Waals surface area contributed by atoms with Gasteiger partial charge in [0.25, 0.3) is 0 Å². The van der Waals surface area contributed by atoms with Crippen molar-refractivity contribution in [1.82, 2.24) is 0 Å². The highest BCUT2D eigenvalue weighted by molar-refractivity contribution is 7.56. The summed E-state index contributed by atoms with van der Waals surface area (Å²) in [5.74, 6) is 1.35. The van der Waals surface area contributed by atoms with E-state index in [2.05, 4.69) is 76.2 Å². The van der Waals surface area contributed by atoms with Crippen molar-refractivity contribution in [3.63, 3.8) is 0 Å². The van der Waals surface area contributed by atoms with Gasteiger partial charge in [-0.15, -0.1) is 22.2 Å². The third-order valence-electron chi connectivity index (χ3n) is 5.14. The lowest BCUT2D eigenvalue weighted by Gasteiger charge is -2.20. The molecule has 0 aromatic heterocycles. The number of halogens is 2. The molecule has 0 unspecified atom stereocenters. The van der Waals surface area contributed by atoms with Crippen molar-refractivity contribution in [2.75, 3.05) is 0 Å². The zero-order chi connectivity index (χ0) is 18.4. The second-order valence-electron chi connectivity index (χ2n) is 7.41. The Morgan fingerprint density at radius 3 is 1.52 bits per heavy atom. The minimum absolute atomic E-state index is 0.677.